The SMILES string of the molecule is CCC(NC(=O)c1n[nH]c(=O)c2ccccc12)c1ncnn1C. The lowest BCUT2D eigenvalue weighted by molar-refractivity contribution is 0.0928. The summed E-state index contributed by atoms with van der Waals surface area (Å²) in [5.74, 6) is 0.293. The number of hydrogen-bond donors (Lipinski definition) is 2. The van der Waals surface area contributed by atoms with Crippen molar-refractivity contribution in [3.8, 4) is 0 Å². The van der Waals surface area contributed by atoms with E-state index < -0.39 is 0 Å². The smallest absolute Gasteiger partial charge is 0.272 e. The number of rotatable bonds is 4. The van der Waals surface area contributed by atoms with Gasteiger partial charge in [0.1, 0.15) is 12.2 Å². The highest BCUT2D eigenvalue weighted by molar-refractivity contribution is 6.04. The maximum Gasteiger partial charge on any atom is 0.272 e. The van der Waals surface area contributed by atoms with Gasteiger partial charge in [0.05, 0.1) is 11.4 Å². The highest BCUT2D eigenvalue weighted by Crippen LogP contribution is 2.16. The fourth-order valence-electron chi connectivity index (χ4n) is 2.48. The number of aromatic nitrogens is 5. The molecule has 23 heavy (non-hydrogen) atoms. The van der Waals surface area contributed by atoms with Crippen molar-refractivity contribution in [2.24, 2.45) is 7.05 Å². The van der Waals surface area contributed by atoms with Crippen molar-refractivity contribution in [1.82, 2.24) is 30.3 Å². The molecule has 0 bridgehead atoms. The van der Waals surface area contributed by atoms with Gasteiger partial charge in [0.15, 0.2) is 5.69 Å². The zero-order valence-electron chi connectivity index (χ0n) is 12.8. The first-order chi connectivity index (χ1) is 11.1. The zero-order chi connectivity index (χ0) is 16.4. The normalized spacial score (nSPS) is 12.3. The molecule has 0 radical (unpaired) electrons. The number of carbonyl (C=O) groups excluding carboxylic acids is 1. The van der Waals surface area contributed by atoms with Crippen molar-refractivity contribution in [3.63, 3.8) is 0 Å². The topological polar surface area (TPSA) is 106 Å². The molecule has 0 saturated carbocycles. The molecule has 2 heterocycles. The van der Waals surface area contributed by atoms with E-state index in [4.69, 9.17) is 0 Å². The lowest BCUT2D eigenvalue weighted by Crippen LogP contribution is -2.31. The summed E-state index contributed by atoms with van der Waals surface area (Å²) >= 11 is 0. The Hall–Kier alpha value is -3.03. The van der Waals surface area contributed by atoms with Crippen molar-refractivity contribution >= 4 is 16.7 Å². The molecule has 0 aliphatic rings. The Morgan fingerprint density at radius 1 is 1.35 bits per heavy atom. The first kappa shape index (κ1) is 14.9. The third-order valence-corrected chi connectivity index (χ3v) is 3.68. The fraction of sp³-hybridized carbons (Fsp3) is 0.267. The molecule has 118 valence electrons. The number of aryl methyl sites for hydroxylation is 1. The van der Waals surface area contributed by atoms with Crippen LogP contribution in [0.15, 0.2) is 35.4 Å². The number of fused-ring (bicyclic) bond motifs is 1. The molecule has 1 aromatic carbocycles. The Morgan fingerprint density at radius 3 is 2.74 bits per heavy atom. The Morgan fingerprint density at radius 2 is 2.09 bits per heavy atom. The molecular formula is C15H16N6O2. The average Bonchev–Trinajstić information content (AvgIpc) is 2.99. The molecule has 0 aliphatic heterocycles. The molecule has 1 amide bonds. The van der Waals surface area contributed by atoms with Crippen LogP contribution in [-0.2, 0) is 7.05 Å². The van der Waals surface area contributed by atoms with E-state index in [0.717, 1.165) is 0 Å². The van der Waals surface area contributed by atoms with Crippen LogP contribution in [0.1, 0.15) is 35.7 Å². The summed E-state index contributed by atoms with van der Waals surface area (Å²) in [5, 5.41) is 14.1. The number of aromatic amines is 1. The second kappa shape index (κ2) is 5.99. The van der Waals surface area contributed by atoms with E-state index in [1.165, 1.54) is 6.33 Å². The molecule has 1 unspecified atom stereocenters. The highest BCUT2D eigenvalue weighted by Gasteiger charge is 2.21. The van der Waals surface area contributed by atoms with Gasteiger partial charge in [0.25, 0.3) is 11.5 Å². The highest BCUT2D eigenvalue weighted by atomic mass is 16.2. The molecule has 1 atom stereocenters. The van der Waals surface area contributed by atoms with E-state index in [1.807, 2.05) is 6.92 Å². The van der Waals surface area contributed by atoms with Crippen molar-refractivity contribution < 1.29 is 4.79 Å². The first-order valence-electron chi connectivity index (χ1n) is 7.24. The van der Waals surface area contributed by atoms with Crippen molar-refractivity contribution in [2.45, 2.75) is 19.4 Å². The zero-order valence-corrected chi connectivity index (χ0v) is 12.8. The summed E-state index contributed by atoms with van der Waals surface area (Å²) in [6, 6.07) is 6.58. The molecule has 2 N–H and O–H groups in total. The van der Waals surface area contributed by atoms with E-state index in [0.29, 0.717) is 23.0 Å². The van der Waals surface area contributed by atoms with Crippen LogP contribution in [0, 0.1) is 0 Å². The van der Waals surface area contributed by atoms with Crippen LogP contribution < -0.4 is 10.9 Å². The number of nitrogens with zero attached hydrogens (tertiary/aromatic N) is 4. The summed E-state index contributed by atoms with van der Waals surface area (Å²) in [5.41, 5.74) is -0.140. The number of amides is 1. The average molecular weight is 312 g/mol. The van der Waals surface area contributed by atoms with E-state index in [-0.39, 0.29) is 23.2 Å². The molecule has 2 aromatic heterocycles. The molecule has 0 fully saturated rings. The van der Waals surface area contributed by atoms with Gasteiger partial charge in [-0.1, -0.05) is 25.1 Å². The van der Waals surface area contributed by atoms with E-state index in [1.54, 1.807) is 36.0 Å². The Kier molecular flexibility index (Phi) is 3.88. The van der Waals surface area contributed by atoms with Gasteiger partial charge in [0.2, 0.25) is 0 Å². The summed E-state index contributed by atoms with van der Waals surface area (Å²) in [7, 11) is 1.77. The minimum Gasteiger partial charge on any atom is -0.341 e. The van der Waals surface area contributed by atoms with E-state index in [9.17, 15) is 9.59 Å². The van der Waals surface area contributed by atoms with Gasteiger partial charge < -0.3 is 5.32 Å². The minimum absolute atomic E-state index is 0.181. The van der Waals surface area contributed by atoms with Crippen LogP contribution in [-0.4, -0.2) is 30.9 Å². The second-order valence-electron chi connectivity index (χ2n) is 5.12. The van der Waals surface area contributed by atoms with Crippen molar-refractivity contribution in [2.75, 3.05) is 0 Å². The van der Waals surface area contributed by atoms with Gasteiger partial charge in [-0.25, -0.2) is 10.1 Å². The molecule has 0 aliphatic carbocycles. The molecule has 8 nitrogen and oxygen atoms in total. The van der Waals surface area contributed by atoms with Gasteiger partial charge >= 0.3 is 0 Å². The lowest BCUT2D eigenvalue weighted by Gasteiger charge is -2.16. The molecular weight excluding hydrogens is 296 g/mol. The van der Waals surface area contributed by atoms with Gasteiger partial charge in [-0.05, 0) is 12.5 Å². The summed E-state index contributed by atoms with van der Waals surface area (Å²) in [6.07, 6.45) is 2.09. The minimum atomic E-state index is -0.368. The summed E-state index contributed by atoms with van der Waals surface area (Å²) < 4.78 is 1.62. The molecule has 3 rings (SSSR count). The number of H-pyrrole nitrogens is 1. The number of benzene rings is 1. The monoisotopic (exact) mass is 312 g/mol. The van der Waals surface area contributed by atoms with Gasteiger partial charge in [-0.3, -0.25) is 14.3 Å². The van der Waals surface area contributed by atoms with Gasteiger partial charge in [-0.15, -0.1) is 0 Å². The van der Waals surface area contributed by atoms with Crippen molar-refractivity contribution in [3.05, 3.63) is 52.5 Å². The maximum absolute atomic E-state index is 12.6. The third kappa shape index (κ3) is 2.70. The largest absolute Gasteiger partial charge is 0.341 e. The van der Waals surface area contributed by atoms with Crippen molar-refractivity contribution in [1.29, 1.82) is 0 Å². The van der Waals surface area contributed by atoms with Crippen LogP contribution in [0.4, 0.5) is 0 Å². The third-order valence-electron chi connectivity index (χ3n) is 3.68. The summed E-state index contributed by atoms with van der Waals surface area (Å²) in [6.45, 7) is 1.94. The van der Waals surface area contributed by atoms with Crippen LogP contribution in [0.2, 0.25) is 0 Å². The van der Waals surface area contributed by atoms with Crippen LogP contribution >= 0.6 is 0 Å². The first-order valence-corrected chi connectivity index (χ1v) is 7.24. The maximum atomic E-state index is 12.6. The predicted molar refractivity (Wildman–Crippen MR) is 83.9 cm³/mol. The van der Waals surface area contributed by atoms with Gasteiger partial charge in [-0.2, -0.15) is 10.2 Å². The number of nitrogens with one attached hydrogen (secondary N) is 2. The van der Waals surface area contributed by atoms with Gasteiger partial charge in [0, 0.05) is 12.4 Å². The predicted octanol–water partition coefficient (Wildman–Crippen LogP) is 0.933. The van der Waals surface area contributed by atoms with Crippen LogP contribution in [0.5, 0.6) is 0 Å². The fourth-order valence-corrected chi connectivity index (χ4v) is 2.48. The Bertz CT molecular complexity index is 913. The molecule has 8 heteroatoms. The molecule has 3 aromatic rings. The molecule has 0 spiro atoms. The number of hydrogen-bond acceptors (Lipinski definition) is 5. The summed E-state index contributed by atoms with van der Waals surface area (Å²) in [4.78, 5) is 28.6. The Labute approximate surface area is 131 Å². The Balaban J connectivity index is 1.96. The lowest BCUT2D eigenvalue weighted by atomic mass is 10.1. The van der Waals surface area contributed by atoms with E-state index in [2.05, 4.69) is 25.6 Å². The van der Waals surface area contributed by atoms with Crippen LogP contribution in [0.3, 0.4) is 0 Å². The van der Waals surface area contributed by atoms with Crippen LogP contribution in [0.25, 0.3) is 10.8 Å². The quantitative estimate of drug-likeness (QED) is 0.745. The standard InChI is InChI=1S/C15H16N6O2/c1-3-11(13-16-8-17-21(13)2)18-15(23)12-9-6-4-5-7-10(9)14(22)20-19-12/h4-8,11H,3H2,1-2H3,(H,18,23)(H,20,22). The second-order valence-corrected chi connectivity index (χ2v) is 5.12. The van der Waals surface area contributed by atoms with E-state index >= 15 is 0 Å². The number of carbonyl (C=O) groups is 1. The molecule has 0 saturated heterocycles.